The largest absolute Gasteiger partial charge is 0.478 e. The molecule has 0 saturated heterocycles. The first-order valence-corrected chi connectivity index (χ1v) is 14.6. The highest BCUT2D eigenvalue weighted by molar-refractivity contribution is 6.10. The molecule has 5 aromatic carbocycles. The highest BCUT2D eigenvalue weighted by Gasteiger charge is 2.36. The van der Waals surface area contributed by atoms with E-state index in [-0.39, 0.29) is 11.7 Å². The molecule has 7 rings (SSSR count). The molecule has 6 aromatic rings. The molecular formula is C39H29FN2O2. The summed E-state index contributed by atoms with van der Waals surface area (Å²) in [6.45, 7) is 0.738. The molecule has 5 heteroatoms. The molecule has 0 spiro atoms. The molecule has 4 nitrogen and oxygen atoms in total. The second kappa shape index (κ2) is 12.0. The fraction of sp³-hybridized carbons (Fsp3) is 0.0769. The number of benzene rings is 5. The zero-order chi connectivity index (χ0) is 29.9. The number of pyridine rings is 1. The van der Waals surface area contributed by atoms with Gasteiger partial charge in [0.2, 0.25) is 0 Å². The number of nitrogens with zero attached hydrogens (tertiary/aromatic N) is 2. The van der Waals surface area contributed by atoms with Crippen LogP contribution in [-0.4, -0.2) is 15.8 Å². The van der Waals surface area contributed by atoms with Gasteiger partial charge >= 0.3 is 0 Å². The fourth-order valence-electron chi connectivity index (χ4n) is 5.86. The summed E-state index contributed by atoms with van der Waals surface area (Å²) in [5, 5.41) is 0.907. The monoisotopic (exact) mass is 576 g/mol. The van der Waals surface area contributed by atoms with Crippen LogP contribution in [-0.2, 0) is 13.1 Å². The van der Waals surface area contributed by atoms with Crippen LogP contribution >= 0.6 is 0 Å². The van der Waals surface area contributed by atoms with Crippen LogP contribution < -0.4 is 4.74 Å². The number of aromatic nitrogens is 1. The van der Waals surface area contributed by atoms with E-state index in [9.17, 15) is 9.18 Å². The number of carbonyl (C=O) groups excluding carboxylic acids is 1. The van der Waals surface area contributed by atoms with Gasteiger partial charge in [-0.05, 0) is 51.6 Å². The summed E-state index contributed by atoms with van der Waals surface area (Å²) in [5.74, 6) is 0.0249. The van der Waals surface area contributed by atoms with Crippen LogP contribution in [0.2, 0.25) is 0 Å². The Morgan fingerprint density at radius 3 is 2.07 bits per heavy atom. The average Bonchev–Trinajstić information content (AvgIpc) is 3.40. The first-order valence-electron chi connectivity index (χ1n) is 14.6. The van der Waals surface area contributed by atoms with Crippen LogP contribution in [0.25, 0.3) is 23.1 Å². The third kappa shape index (κ3) is 5.36. The van der Waals surface area contributed by atoms with Crippen molar-refractivity contribution in [1.29, 1.82) is 0 Å². The molecule has 0 N–H and O–H groups in total. The molecule has 0 radical (unpaired) electrons. The number of halogens is 1. The average molecular weight is 577 g/mol. The lowest BCUT2D eigenvalue weighted by Gasteiger charge is -2.23. The van der Waals surface area contributed by atoms with Gasteiger partial charge in [-0.2, -0.15) is 0 Å². The van der Waals surface area contributed by atoms with E-state index >= 15 is 0 Å². The highest BCUT2D eigenvalue weighted by Crippen LogP contribution is 2.44. The van der Waals surface area contributed by atoms with E-state index in [1.165, 1.54) is 12.1 Å². The number of fused-ring (bicyclic) bond motifs is 2. The van der Waals surface area contributed by atoms with Gasteiger partial charge in [0.15, 0.2) is 5.75 Å². The Labute approximate surface area is 255 Å². The minimum absolute atomic E-state index is 0.138. The van der Waals surface area contributed by atoms with Crippen LogP contribution in [0.4, 0.5) is 4.39 Å². The second-order valence-electron chi connectivity index (χ2n) is 10.8. The highest BCUT2D eigenvalue weighted by atomic mass is 19.1. The number of hydrogen-bond donors (Lipinski definition) is 0. The number of carbonyl (C=O) groups is 1. The van der Waals surface area contributed by atoms with E-state index < -0.39 is 6.10 Å². The maximum Gasteiger partial charge on any atom is 0.258 e. The molecule has 0 unspecified atom stereocenters. The lowest BCUT2D eigenvalue weighted by Crippen LogP contribution is -2.23. The quantitative estimate of drug-likeness (QED) is 0.170. The predicted octanol–water partition coefficient (Wildman–Crippen LogP) is 8.87. The van der Waals surface area contributed by atoms with E-state index in [4.69, 9.17) is 9.72 Å². The topological polar surface area (TPSA) is 42.4 Å². The molecule has 0 atom stereocenters. The van der Waals surface area contributed by atoms with Gasteiger partial charge in [-0.3, -0.25) is 9.78 Å². The molecule has 214 valence electrons. The lowest BCUT2D eigenvalue weighted by atomic mass is 9.95. The fourth-order valence-corrected chi connectivity index (χ4v) is 5.86. The summed E-state index contributed by atoms with van der Waals surface area (Å²) in [6, 6.07) is 40.4. The molecule has 0 aliphatic carbocycles. The molecule has 1 amide bonds. The van der Waals surface area contributed by atoms with Crippen LogP contribution in [0.1, 0.15) is 49.8 Å². The lowest BCUT2D eigenvalue weighted by molar-refractivity contribution is 0.0762. The number of rotatable bonds is 8. The van der Waals surface area contributed by atoms with Crippen molar-refractivity contribution in [1.82, 2.24) is 9.88 Å². The van der Waals surface area contributed by atoms with Crippen LogP contribution in [0, 0.1) is 5.82 Å². The summed E-state index contributed by atoms with van der Waals surface area (Å²) in [4.78, 5) is 20.9. The third-order valence-corrected chi connectivity index (χ3v) is 7.99. The number of ether oxygens (including phenoxy) is 1. The Morgan fingerprint density at radius 2 is 1.41 bits per heavy atom. The summed E-state index contributed by atoms with van der Waals surface area (Å²) in [6.07, 6.45) is 5.41. The molecule has 0 saturated carbocycles. The van der Waals surface area contributed by atoms with Gasteiger partial charge in [0.25, 0.3) is 5.91 Å². The van der Waals surface area contributed by atoms with E-state index in [0.717, 1.165) is 38.8 Å². The normalized spacial score (nSPS) is 12.8. The SMILES string of the molecule is O=C1c2c(c(/C=C/c3ccccc3)c3cccnc3c2OC(c2ccccc2)c2ccccc2)CN1Cc1ccc(F)cc1. The van der Waals surface area contributed by atoms with Crippen molar-refractivity contribution in [2.24, 2.45) is 0 Å². The van der Waals surface area contributed by atoms with E-state index in [1.54, 1.807) is 23.2 Å². The van der Waals surface area contributed by atoms with Crippen LogP contribution in [0.5, 0.6) is 5.75 Å². The number of amides is 1. The summed E-state index contributed by atoms with van der Waals surface area (Å²) < 4.78 is 20.6. The summed E-state index contributed by atoms with van der Waals surface area (Å²) in [7, 11) is 0. The predicted molar refractivity (Wildman–Crippen MR) is 172 cm³/mol. The molecule has 0 fully saturated rings. The van der Waals surface area contributed by atoms with Crippen molar-refractivity contribution in [3.63, 3.8) is 0 Å². The van der Waals surface area contributed by atoms with E-state index in [0.29, 0.717) is 29.9 Å². The maximum atomic E-state index is 14.3. The Bertz CT molecular complexity index is 1920. The van der Waals surface area contributed by atoms with Gasteiger partial charge in [0.1, 0.15) is 17.4 Å². The number of hydrogen-bond acceptors (Lipinski definition) is 3. The molecule has 1 aliphatic rings. The van der Waals surface area contributed by atoms with Crippen molar-refractivity contribution < 1.29 is 13.9 Å². The van der Waals surface area contributed by atoms with Gasteiger partial charge in [-0.1, -0.05) is 121 Å². The molecular weight excluding hydrogens is 547 g/mol. The minimum Gasteiger partial charge on any atom is -0.478 e. The summed E-state index contributed by atoms with van der Waals surface area (Å²) >= 11 is 0. The van der Waals surface area contributed by atoms with Crippen molar-refractivity contribution in [3.8, 4) is 5.75 Å². The zero-order valence-electron chi connectivity index (χ0n) is 23.9. The first-order chi connectivity index (χ1) is 21.7. The minimum atomic E-state index is -0.462. The van der Waals surface area contributed by atoms with Crippen LogP contribution in [0.3, 0.4) is 0 Å². The Kier molecular flexibility index (Phi) is 7.43. The molecule has 2 heterocycles. The van der Waals surface area contributed by atoms with Gasteiger partial charge < -0.3 is 9.64 Å². The summed E-state index contributed by atoms with van der Waals surface area (Å²) in [5.41, 5.74) is 6.82. The van der Waals surface area contributed by atoms with E-state index in [2.05, 4.69) is 12.2 Å². The van der Waals surface area contributed by atoms with Crippen molar-refractivity contribution in [3.05, 3.63) is 178 Å². The molecule has 1 aromatic heterocycles. The van der Waals surface area contributed by atoms with Crippen molar-refractivity contribution in [2.75, 3.05) is 0 Å². The molecule has 0 bridgehead atoms. The Morgan fingerprint density at radius 1 is 0.773 bits per heavy atom. The Hall–Kier alpha value is -5.55. The van der Waals surface area contributed by atoms with Gasteiger partial charge in [-0.25, -0.2) is 4.39 Å². The van der Waals surface area contributed by atoms with E-state index in [1.807, 2.05) is 103 Å². The third-order valence-electron chi connectivity index (χ3n) is 7.99. The first kappa shape index (κ1) is 27.3. The van der Waals surface area contributed by atoms with Crippen molar-refractivity contribution >= 4 is 29.0 Å². The van der Waals surface area contributed by atoms with Gasteiger partial charge in [0.05, 0.1) is 5.56 Å². The van der Waals surface area contributed by atoms with Crippen molar-refractivity contribution in [2.45, 2.75) is 19.2 Å². The zero-order valence-corrected chi connectivity index (χ0v) is 23.9. The second-order valence-corrected chi connectivity index (χ2v) is 10.8. The molecule has 44 heavy (non-hydrogen) atoms. The van der Waals surface area contributed by atoms with Gasteiger partial charge in [0, 0.05) is 24.7 Å². The van der Waals surface area contributed by atoms with Crippen LogP contribution in [0.15, 0.2) is 134 Å². The molecule has 1 aliphatic heterocycles. The smallest absolute Gasteiger partial charge is 0.258 e. The van der Waals surface area contributed by atoms with Gasteiger partial charge in [-0.15, -0.1) is 0 Å². The standard InChI is InChI=1S/C39H29FN2O2/c40-31-21-18-28(19-22-31)25-42-26-34-32(23-20-27-11-4-1-5-12-27)33-17-10-24-41-36(33)38(35(34)39(42)43)44-37(29-13-6-2-7-14-29)30-15-8-3-9-16-30/h1-24,37H,25-26H2/b23-20+. The maximum absolute atomic E-state index is 14.3. The Balaban J connectivity index is 1.41.